The Morgan fingerprint density at radius 1 is 0.963 bits per heavy atom. The number of carbonyl (C=O) groups is 1. The van der Waals surface area contributed by atoms with Gasteiger partial charge < -0.3 is 9.64 Å². The van der Waals surface area contributed by atoms with Crippen LogP contribution in [0.15, 0.2) is 54.6 Å². The summed E-state index contributed by atoms with van der Waals surface area (Å²) in [5.74, 6) is 0.415. The Bertz CT molecular complexity index is 876. The lowest BCUT2D eigenvalue weighted by Crippen LogP contribution is -2.50. The van der Waals surface area contributed by atoms with Gasteiger partial charge in [0.05, 0.1) is 17.9 Å². The van der Waals surface area contributed by atoms with Crippen LogP contribution in [-0.4, -0.2) is 56.3 Å². The summed E-state index contributed by atoms with van der Waals surface area (Å²) in [6, 6.07) is 16.3. The van der Waals surface area contributed by atoms with Crippen LogP contribution in [0.5, 0.6) is 5.75 Å². The van der Waals surface area contributed by atoms with Gasteiger partial charge in [-0.05, 0) is 24.6 Å². The molecule has 144 valence electrons. The lowest BCUT2D eigenvalue weighted by molar-refractivity contribution is 0.0693. The SMILES string of the molecule is CCOc1ccccc1C(=O)N1CCN(S(=O)(=O)Cc2ccccc2)CC1. The first kappa shape index (κ1) is 19.4. The Kier molecular flexibility index (Phi) is 6.13. The van der Waals surface area contributed by atoms with Gasteiger partial charge in [0.25, 0.3) is 5.91 Å². The van der Waals surface area contributed by atoms with E-state index in [0.717, 1.165) is 5.56 Å². The monoisotopic (exact) mass is 388 g/mol. The number of carbonyl (C=O) groups excluding carboxylic acids is 1. The molecular formula is C20H24N2O4S. The van der Waals surface area contributed by atoms with Crippen LogP contribution in [0.1, 0.15) is 22.8 Å². The van der Waals surface area contributed by atoms with Gasteiger partial charge in [-0.3, -0.25) is 4.79 Å². The number of hydrogen-bond acceptors (Lipinski definition) is 4. The first-order valence-electron chi connectivity index (χ1n) is 9.04. The largest absolute Gasteiger partial charge is 0.493 e. The molecule has 27 heavy (non-hydrogen) atoms. The molecule has 1 aliphatic heterocycles. The van der Waals surface area contributed by atoms with Crippen molar-refractivity contribution < 1.29 is 17.9 Å². The molecule has 6 nitrogen and oxygen atoms in total. The number of sulfonamides is 1. The van der Waals surface area contributed by atoms with E-state index in [1.807, 2.05) is 43.3 Å². The Morgan fingerprint density at radius 2 is 1.59 bits per heavy atom. The zero-order chi connectivity index (χ0) is 19.3. The predicted molar refractivity (Wildman–Crippen MR) is 104 cm³/mol. The summed E-state index contributed by atoms with van der Waals surface area (Å²) >= 11 is 0. The van der Waals surface area contributed by atoms with Crippen LogP contribution in [0.4, 0.5) is 0 Å². The van der Waals surface area contributed by atoms with E-state index < -0.39 is 10.0 Å². The predicted octanol–water partition coefficient (Wildman–Crippen LogP) is 2.37. The molecule has 7 heteroatoms. The molecule has 1 amide bonds. The highest BCUT2D eigenvalue weighted by atomic mass is 32.2. The van der Waals surface area contributed by atoms with Crippen molar-refractivity contribution in [3.05, 3.63) is 65.7 Å². The third-order valence-electron chi connectivity index (χ3n) is 4.53. The van der Waals surface area contributed by atoms with Crippen LogP contribution in [0.25, 0.3) is 0 Å². The van der Waals surface area contributed by atoms with Crippen molar-refractivity contribution in [1.29, 1.82) is 0 Å². The summed E-state index contributed by atoms with van der Waals surface area (Å²) < 4.78 is 32.3. The van der Waals surface area contributed by atoms with E-state index in [9.17, 15) is 13.2 Å². The van der Waals surface area contributed by atoms with Gasteiger partial charge in [-0.15, -0.1) is 0 Å². The Morgan fingerprint density at radius 3 is 2.26 bits per heavy atom. The average Bonchev–Trinajstić information content (AvgIpc) is 2.69. The van der Waals surface area contributed by atoms with Gasteiger partial charge in [-0.25, -0.2) is 8.42 Å². The summed E-state index contributed by atoms with van der Waals surface area (Å²) in [6.07, 6.45) is 0. The van der Waals surface area contributed by atoms with Crippen molar-refractivity contribution in [3.63, 3.8) is 0 Å². The molecule has 1 heterocycles. The fourth-order valence-electron chi connectivity index (χ4n) is 3.14. The molecule has 0 aliphatic carbocycles. The van der Waals surface area contributed by atoms with Gasteiger partial charge in [0.15, 0.2) is 0 Å². The maximum atomic E-state index is 12.8. The van der Waals surface area contributed by atoms with Crippen LogP contribution in [0.3, 0.4) is 0 Å². The number of rotatable bonds is 6. The van der Waals surface area contributed by atoms with E-state index in [-0.39, 0.29) is 11.7 Å². The first-order valence-corrected chi connectivity index (χ1v) is 10.6. The van der Waals surface area contributed by atoms with Crippen molar-refractivity contribution in [2.45, 2.75) is 12.7 Å². The molecule has 2 aromatic rings. The zero-order valence-corrected chi connectivity index (χ0v) is 16.2. The minimum Gasteiger partial charge on any atom is -0.493 e. The van der Waals surface area contributed by atoms with E-state index in [0.29, 0.717) is 44.1 Å². The molecule has 0 atom stereocenters. The number of piperazine rings is 1. The number of nitrogens with zero attached hydrogens (tertiary/aromatic N) is 2. The van der Waals surface area contributed by atoms with Crippen LogP contribution < -0.4 is 4.74 Å². The molecule has 1 saturated heterocycles. The topological polar surface area (TPSA) is 66.9 Å². The van der Waals surface area contributed by atoms with Crippen LogP contribution in [-0.2, 0) is 15.8 Å². The summed E-state index contributed by atoms with van der Waals surface area (Å²) in [7, 11) is -3.40. The number of benzene rings is 2. The zero-order valence-electron chi connectivity index (χ0n) is 15.4. The molecular weight excluding hydrogens is 364 g/mol. The lowest BCUT2D eigenvalue weighted by atomic mass is 10.1. The molecule has 1 fully saturated rings. The van der Waals surface area contributed by atoms with Gasteiger partial charge in [0, 0.05) is 26.2 Å². The highest BCUT2D eigenvalue weighted by molar-refractivity contribution is 7.88. The number of amides is 1. The van der Waals surface area contributed by atoms with E-state index in [1.165, 1.54) is 4.31 Å². The van der Waals surface area contributed by atoms with E-state index in [1.54, 1.807) is 23.1 Å². The maximum Gasteiger partial charge on any atom is 0.257 e. The molecule has 0 radical (unpaired) electrons. The van der Waals surface area contributed by atoms with Crippen molar-refractivity contribution in [3.8, 4) is 5.75 Å². The van der Waals surface area contributed by atoms with Crippen LogP contribution >= 0.6 is 0 Å². The van der Waals surface area contributed by atoms with E-state index >= 15 is 0 Å². The summed E-state index contributed by atoms with van der Waals surface area (Å²) in [5.41, 5.74) is 1.28. The fraction of sp³-hybridized carbons (Fsp3) is 0.350. The number of para-hydroxylation sites is 1. The Balaban J connectivity index is 1.64. The smallest absolute Gasteiger partial charge is 0.257 e. The van der Waals surface area contributed by atoms with Crippen molar-refractivity contribution in [2.75, 3.05) is 32.8 Å². The Labute approximate surface area is 160 Å². The maximum absolute atomic E-state index is 12.8. The average molecular weight is 388 g/mol. The molecule has 2 aromatic carbocycles. The molecule has 0 unspecified atom stereocenters. The molecule has 0 N–H and O–H groups in total. The summed E-state index contributed by atoms with van der Waals surface area (Å²) in [6.45, 7) is 3.70. The van der Waals surface area contributed by atoms with Gasteiger partial charge in [0.2, 0.25) is 10.0 Å². The van der Waals surface area contributed by atoms with Gasteiger partial charge in [-0.1, -0.05) is 42.5 Å². The van der Waals surface area contributed by atoms with Gasteiger partial charge in [-0.2, -0.15) is 4.31 Å². The fourth-order valence-corrected chi connectivity index (χ4v) is 4.66. The second-order valence-electron chi connectivity index (χ2n) is 6.36. The van der Waals surface area contributed by atoms with E-state index in [2.05, 4.69) is 0 Å². The van der Waals surface area contributed by atoms with E-state index in [4.69, 9.17) is 4.74 Å². The van der Waals surface area contributed by atoms with Crippen molar-refractivity contribution in [1.82, 2.24) is 9.21 Å². The molecule has 3 rings (SSSR count). The molecule has 0 aromatic heterocycles. The number of hydrogen-bond donors (Lipinski definition) is 0. The Hall–Kier alpha value is -2.38. The van der Waals surface area contributed by atoms with Gasteiger partial charge >= 0.3 is 0 Å². The highest BCUT2D eigenvalue weighted by Gasteiger charge is 2.30. The second kappa shape index (κ2) is 8.54. The molecule has 0 spiro atoms. The third-order valence-corrected chi connectivity index (χ3v) is 6.38. The van der Waals surface area contributed by atoms with Crippen LogP contribution in [0.2, 0.25) is 0 Å². The summed E-state index contributed by atoms with van der Waals surface area (Å²) in [4.78, 5) is 14.5. The van der Waals surface area contributed by atoms with Crippen molar-refractivity contribution in [2.24, 2.45) is 0 Å². The van der Waals surface area contributed by atoms with Crippen LogP contribution in [0, 0.1) is 0 Å². The molecule has 0 bridgehead atoms. The second-order valence-corrected chi connectivity index (χ2v) is 8.33. The first-order chi connectivity index (χ1) is 13.0. The standard InChI is InChI=1S/C20H24N2O4S/c1-2-26-19-11-7-6-10-18(19)20(23)21-12-14-22(15-13-21)27(24,25)16-17-8-4-3-5-9-17/h3-11H,2,12-16H2,1H3. The molecule has 0 saturated carbocycles. The van der Waals surface area contributed by atoms with Gasteiger partial charge in [0.1, 0.15) is 5.75 Å². The summed E-state index contributed by atoms with van der Waals surface area (Å²) in [5, 5.41) is 0. The van der Waals surface area contributed by atoms with Crippen molar-refractivity contribution >= 4 is 15.9 Å². The minimum atomic E-state index is -3.40. The highest BCUT2D eigenvalue weighted by Crippen LogP contribution is 2.21. The normalized spacial score (nSPS) is 15.5. The quantitative estimate of drug-likeness (QED) is 0.762. The lowest BCUT2D eigenvalue weighted by Gasteiger charge is -2.34. The number of ether oxygens (including phenoxy) is 1. The minimum absolute atomic E-state index is 0.0189. The third kappa shape index (κ3) is 4.67. The molecule has 1 aliphatic rings.